The molecule has 0 aliphatic carbocycles. The highest BCUT2D eigenvalue weighted by atomic mass is 19.4. The highest BCUT2D eigenvalue weighted by Crippen LogP contribution is 2.49. The summed E-state index contributed by atoms with van der Waals surface area (Å²) in [4.78, 5) is 20.5. The summed E-state index contributed by atoms with van der Waals surface area (Å²) in [5, 5.41) is 16.5. The van der Waals surface area contributed by atoms with Crippen LogP contribution >= 0.6 is 0 Å². The fourth-order valence-electron chi connectivity index (χ4n) is 1.10. The molecule has 0 aromatic heterocycles. The van der Waals surface area contributed by atoms with E-state index in [0.717, 1.165) is 0 Å². The van der Waals surface area contributed by atoms with Crippen LogP contribution < -0.4 is 0 Å². The summed E-state index contributed by atoms with van der Waals surface area (Å²) in [6.07, 6.45) is -10.5. The Morgan fingerprint density at radius 2 is 1.37 bits per heavy atom. The second-order valence-corrected chi connectivity index (χ2v) is 3.61. The van der Waals surface area contributed by atoms with E-state index in [0.29, 0.717) is 0 Å². The molecule has 0 rings (SSSR count). The molecule has 1 atom stereocenters. The number of carbonyl (C=O) groups is 2. The maximum absolute atomic E-state index is 12.8. The number of carboxylic acid groups (broad SMARTS) is 2. The summed E-state index contributed by atoms with van der Waals surface area (Å²) in [6, 6.07) is 0. The zero-order valence-corrected chi connectivity index (χ0v) is 8.85. The molecule has 0 radical (unpaired) electrons. The van der Waals surface area contributed by atoms with E-state index in [1.54, 1.807) is 0 Å². The summed E-state index contributed by atoms with van der Waals surface area (Å²) in [5.41, 5.74) is 0. The first-order chi connectivity index (χ1) is 8.22. The van der Waals surface area contributed by atoms with Crippen LogP contribution in [-0.2, 0) is 9.59 Å². The summed E-state index contributed by atoms with van der Waals surface area (Å²) in [7, 11) is 0. The van der Waals surface area contributed by atoms with Gasteiger partial charge in [0.2, 0.25) is 0 Å². The lowest BCUT2D eigenvalue weighted by molar-refractivity contribution is -0.357. The van der Waals surface area contributed by atoms with E-state index in [1.807, 2.05) is 0 Å². The minimum absolute atomic E-state index is 1.50. The molecular weight excluding hydrogens is 293 g/mol. The molecule has 0 saturated carbocycles. The van der Waals surface area contributed by atoms with Gasteiger partial charge in [0.15, 0.2) is 0 Å². The van der Waals surface area contributed by atoms with Crippen molar-refractivity contribution in [3.05, 3.63) is 0 Å². The second-order valence-electron chi connectivity index (χ2n) is 3.61. The average Bonchev–Trinajstić information content (AvgIpc) is 2.13. The lowest BCUT2D eigenvalue weighted by Gasteiger charge is -2.29. The Bertz CT molecular complexity index is 363. The molecule has 0 amide bonds. The fourth-order valence-corrected chi connectivity index (χ4v) is 1.10. The van der Waals surface area contributed by atoms with E-state index < -0.39 is 48.7 Å². The molecule has 0 bridgehead atoms. The zero-order valence-electron chi connectivity index (χ0n) is 8.85. The molecule has 1 unspecified atom stereocenters. The SMILES string of the molecule is O=C(O)CC(CC(F)(F)C(F)(F)C(F)(F)F)C(=O)O. The number of alkyl halides is 7. The number of aliphatic carboxylic acids is 2. The predicted octanol–water partition coefficient (Wildman–Crippen LogP) is 2.38. The molecule has 0 fully saturated rings. The van der Waals surface area contributed by atoms with Gasteiger partial charge in [0.1, 0.15) is 0 Å². The highest BCUT2D eigenvalue weighted by molar-refractivity contribution is 5.77. The van der Waals surface area contributed by atoms with E-state index in [1.165, 1.54) is 0 Å². The number of carboxylic acids is 2. The fraction of sp³-hybridized carbons (Fsp3) is 0.750. The molecule has 0 spiro atoms. The summed E-state index contributed by atoms with van der Waals surface area (Å²) >= 11 is 0. The van der Waals surface area contributed by atoms with Crippen molar-refractivity contribution >= 4 is 11.9 Å². The molecule has 0 heterocycles. The van der Waals surface area contributed by atoms with Crippen molar-refractivity contribution in [3.63, 3.8) is 0 Å². The van der Waals surface area contributed by atoms with E-state index in [2.05, 4.69) is 0 Å². The van der Waals surface area contributed by atoms with Crippen LogP contribution in [0.3, 0.4) is 0 Å². The molecule has 19 heavy (non-hydrogen) atoms. The summed E-state index contributed by atoms with van der Waals surface area (Å²) < 4.78 is 85.8. The quantitative estimate of drug-likeness (QED) is 0.739. The van der Waals surface area contributed by atoms with Crippen molar-refractivity contribution in [1.29, 1.82) is 0 Å². The van der Waals surface area contributed by atoms with Gasteiger partial charge in [0.05, 0.1) is 12.3 Å². The number of rotatable bonds is 6. The number of hydrogen-bond acceptors (Lipinski definition) is 2. The van der Waals surface area contributed by atoms with Gasteiger partial charge in [0, 0.05) is 6.42 Å². The van der Waals surface area contributed by atoms with Gasteiger partial charge in [-0.3, -0.25) is 9.59 Å². The van der Waals surface area contributed by atoms with Crippen molar-refractivity contribution in [2.24, 2.45) is 5.92 Å². The molecular formula is C8H7F7O4. The molecule has 0 saturated heterocycles. The first-order valence-corrected chi connectivity index (χ1v) is 4.49. The lowest BCUT2D eigenvalue weighted by Crippen LogP contribution is -2.53. The minimum Gasteiger partial charge on any atom is -0.481 e. The minimum atomic E-state index is -6.58. The Hall–Kier alpha value is -1.55. The molecule has 2 N–H and O–H groups in total. The first kappa shape index (κ1) is 17.4. The smallest absolute Gasteiger partial charge is 0.459 e. The van der Waals surface area contributed by atoms with E-state index in [4.69, 9.17) is 10.2 Å². The van der Waals surface area contributed by atoms with Gasteiger partial charge < -0.3 is 10.2 Å². The third-order valence-electron chi connectivity index (χ3n) is 2.09. The Balaban J connectivity index is 5.21. The standard InChI is InChI=1S/C8H7F7O4/c9-6(10,7(11,12)8(13,14)15)2-3(5(18)19)1-4(16)17/h3H,1-2H2,(H,16,17)(H,18,19). The van der Waals surface area contributed by atoms with Gasteiger partial charge in [-0.05, 0) is 0 Å². The van der Waals surface area contributed by atoms with Gasteiger partial charge in [-0.2, -0.15) is 30.7 Å². The van der Waals surface area contributed by atoms with Crippen LogP contribution in [0.4, 0.5) is 30.7 Å². The van der Waals surface area contributed by atoms with Crippen LogP contribution in [0.25, 0.3) is 0 Å². The first-order valence-electron chi connectivity index (χ1n) is 4.49. The van der Waals surface area contributed by atoms with Gasteiger partial charge in [0.25, 0.3) is 0 Å². The Kier molecular flexibility index (Phi) is 4.79. The largest absolute Gasteiger partial charge is 0.481 e. The molecule has 0 aromatic rings. The molecule has 0 aromatic carbocycles. The highest BCUT2D eigenvalue weighted by Gasteiger charge is 2.73. The third-order valence-corrected chi connectivity index (χ3v) is 2.09. The van der Waals surface area contributed by atoms with Crippen LogP contribution in [0.15, 0.2) is 0 Å². The van der Waals surface area contributed by atoms with Crippen LogP contribution in [-0.4, -0.2) is 40.2 Å². The van der Waals surface area contributed by atoms with Crippen LogP contribution in [0.5, 0.6) is 0 Å². The number of hydrogen-bond donors (Lipinski definition) is 2. The normalized spacial score (nSPS) is 15.1. The number of halogens is 7. The topological polar surface area (TPSA) is 74.6 Å². The van der Waals surface area contributed by atoms with Gasteiger partial charge in [-0.1, -0.05) is 0 Å². The Morgan fingerprint density at radius 1 is 0.947 bits per heavy atom. The zero-order chi connectivity index (χ0) is 15.6. The van der Waals surface area contributed by atoms with E-state index in [-0.39, 0.29) is 0 Å². The molecule has 112 valence electrons. The van der Waals surface area contributed by atoms with Crippen molar-refractivity contribution in [2.45, 2.75) is 30.9 Å². The van der Waals surface area contributed by atoms with Gasteiger partial charge in [-0.25, -0.2) is 0 Å². The van der Waals surface area contributed by atoms with E-state index >= 15 is 0 Å². The Labute approximate surface area is 100 Å². The van der Waals surface area contributed by atoms with Crippen molar-refractivity contribution < 1.29 is 50.5 Å². The maximum Gasteiger partial charge on any atom is 0.459 e. The predicted molar refractivity (Wildman–Crippen MR) is 43.9 cm³/mol. The molecule has 4 nitrogen and oxygen atoms in total. The van der Waals surface area contributed by atoms with Crippen LogP contribution in [0.1, 0.15) is 12.8 Å². The van der Waals surface area contributed by atoms with Crippen molar-refractivity contribution in [3.8, 4) is 0 Å². The third kappa shape index (κ3) is 3.96. The summed E-state index contributed by atoms with van der Waals surface area (Å²) in [6.45, 7) is 0. The van der Waals surface area contributed by atoms with Gasteiger partial charge in [-0.15, -0.1) is 0 Å². The maximum atomic E-state index is 12.8. The summed E-state index contributed by atoms with van der Waals surface area (Å²) in [5.74, 6) is -18.9. The average molecular weight is 300 g/mol. The monoisotopic (exact) mass is 300 g/mol. The van der Waals surface area contributed by atoms with E-state index in [9.17, 15) is 40.3 Å². The van der Waals surface area contributed by atoms with Crippen molar-refractivity contribution in [1.82, 2.24) is 0 Å². The van der Waals surface area contributed by atoms with Gasteiger partial charge >= 0.3 is 30.0 Å². The van der Waals surface area contributed by atoms with Crippen molar-refractivity contribution in [2.75, 3.05) is 0 Å². The molecule has 0 aliphatic heterocycles. The molecule has 0 aliphatic rings. The lowest BCUT2D eigenvalue weighted by atomic mass is 9.94. The Morgan fingerprint density at radius 3 is 1.63 bits per heavy atom. The molecule has 11 heteroatoms. The van der Waals surface area contributed by atoms with Crippen LogP contribution in [0, 0.1) is 5.92 Å². The van der Waals surface area contributed by atoms with Crippen LogP contribution in [0.2, 0.25) is 0 Å². The second kappa shape index (κ2) is 5.21.